The van der Waals surface area contributed by atoms with Crippen LogP contribution in [0.4, 0.5) is 0 Å². The fourth-order valence-corrected chi connectivity index (χ4v) is 1.42. The summed E-state index contributed by atoms with van der Waals surface area (Å²) in [5.41, 5.74) is 5.20. The van der Waals surface area contributed by atoms with Crippen LogP contribution in [-0.2, 0) is 9.59 Å². The van der Waals surface area contributed by atoms with Crippen LogP contribution in [0.3, 0.4) is 0 Å². The number of hydrogen-bond acceptors (Lipinski definition) is 3. The van der Waals surface area contributed by atoms with E-state index in [1.54, 1.807) is 20.8 Å². The van der Waals surface area contributed by atoms with Crippen molar-refractivity contribution in [2.45, 2.75) is 26.8 Å². The Bertz CT molecular complexity index is 216. The number of rotatable bonds is 5. The molecule has 0 radical (unpaired) electrons. The lowest BCUT2D eigenvalue weighted by atomic mass is 10.0. The maximum atomic E-state index is 11.3. The van der Waals surface area contributed by atoms with Crippen molar-refractivity contribution < 1.29 is 14.7 Å². The van der Waals surface area contributed by atoms with Crippen molar-refractivity contribution in [2.75, 3.05) is 13.1 Å². The predicted octanol–water partition coefficient (Wildman–Crippen LogP) is -0.0972. The first-order valence-corrected chi connectivity index (χ1v) is 4.68. The zero-order valence-electron chi connectivity index (χ0n) is 8.86. The van der Waals surface area contributed by atoms with E-state index in [0.29, 0.717) is 6.54 Å². The molecule has 0 aromatic rings. The lowest BCUT2D eigenvalue weighted by Gasteiger charge is -2.30. The summed E-state index contributed by atoms with van der Waals surface area (Å²) in [6, 6.07) is -0.781. The van der Waals surface area contributed by atoms with E-state index in [4.69, 9.17) is 10.8 Å². The molecule has 0 saturated carbocycles. The van der Waals surface area contributed by atoms with Crippen LogP contribution in [0.15, 0.2) is 0 Å². The van der Waals surface area contributed by atoms with Crippen molar-refractivity contribution >= 4 is 11.9 Å². The zero-order chi connectivity index (χ0) is 11.3. The lowest BCUT2D eigenvalue weighted by molar-refractivity contribution is -0.151. The van der Waals surface area contributed by atoms with Crippen molar-refractivity contribution in [1.82, 2.24) is 4.90 Å². The number of carboxylic acid groups (broad SMARTS) is 1. The van der Waals surface area contributed by atoms with Crippen LogP contribution < -0.4 is 5.73 Å². The van der Waals surface area contributed by atoms with E-state index in [1.165, 1.54) is 4.90 Å². The maximum absolute atomic E-state index is 11.3. The summed E-state index contributed by atoms with van der Waals surface area (Å²) in [6.45, 7) is 5.50. The van der Waals surface area contributed by atoms with Gasteiger partial charge in [-0.1, -0.05) is 13.8 Å². The number of carbonyl (C=O) groups excluding carboxylic acids is 1. The minimum atomic E-state index is -0.983. The summed E-state index contributed by atoms with van der Waals surface area (Å²) < 4.78 is 0. The molecule has 0 spiro atoms. The van der Waals surface area contributed by atoms with Crippen molar-refractivity contribution in [3.63, 3.8) is 0 Å². The highest BCUT2D eigenvalue weighted by Crippen LogP contribution is 2.11. The number of likely N-dealkylation sites (N-methyl/N-ethyl adjacent to an activating group) is 1. The van der Waals surface area contributed by atoms with E-state index in [9.17, 15) is 9.59 Å². The van der Waals surface area contributed by atoms with Crippen LogP contribution in [0.1, 0.15) is 20.8 Å². The van der Waals surface area contributed by atoms with E-state index in [-0.39, 0.29) is 18.4 Å². The lowest BCUT2D eigenvalue weighted by Crippen LogP contribution is -2.49. The van der Waals surface area contributed by atoms with Gasteiger partial charge in [0.1, 0.15) is 6.04 Å². The summed E-state index contributed by atoms with van der Waals surface area (Å²) in [7, 11) is 0. The normalized spacial score (nSPS) is 12.6. The highest BCUT2D eigenvalue weighted by Gasteiger charge is 2.30. The van der Waals surface area contributed by atoms with Gasteiger partial charge in [0, 0.05) is 6.54 Å². The smallest absolute Gasteiger partial charge is 0.326 e. The molecule has 0 aromatic heterocycles. The van der Waals surface area contributed by atoms with Crippen molar-refractivity contribution in [1.29, 1.82) is 0 Å². The number of carbonyl (C=O) groups is 2. The Balaban J connectivity index is 4.76. The third-order valence-corrected chi connectivity index (χ3v) is 2.06. The van der Waals surface area contributed by atoms with Gasteiger partial charge in [-0.15, -0.1) is 0 Å². The Morgan fingerprint density at radius 3 is 2.14 bits per heavy atom. The molecule has 5 heteroatoms. The van der Waals surface area contributed by atoms with E-state index in [2.05, 4.69) is 0 Å². The first-order valence-electron chi connectivity index (χ1n) is 4.68. The van der Waals surface area contributed by atoms with Crippen LogP contribution in [0, 0.1) is 5.92 Å². The number of aliphatic carboxylic acids is 1. The maximum Gasteiger partial charge on any atom is 0.326 e. The van der Waals surface area contributed by atoms with Crippen LogP contribution in [0.5, 0.6) is 0 Å². The van der Waals surface area contributed by atoms with Crippen molar-refractivity contribution in [3.8, 4) is 0 Å². The molecule has 14 heavy (non-hydrogen) atoms. The quantitative estimate of drug-likeness (QED) is 0.652. The fourth-order valence-electron chi connectivity index (χ4n) is 1.42. The largest absolute Gasteiger partial charge is 0.480 e. The summed E-state index contributed by atoms with van der Waals surface area (Å²) >= 11 is 0. The van der Waals surface area contributed by atoms with Crippen LogP contribution in [0.2, 0.25) is 0 Å². The van der Waals surface area contributed by atoms with Gasteiger partial charge in [-0.25, -0.2) is 4.79 Å². The van der Waals surface area contributed by atoms with Gasteiger partial charge in [0.2, 0.25) is 5.91 Å². The number of nitrogens with two attached hydrogens (primary N) is 1. The molecule has 0 heterocycles. The number of nitrogens with zero attached hydrogens (tertiary/aromatic N) is 1. The summed E-state index contributed by atoms with van der Waals surface area (Å²) in [5, 5.41) is 8.95. The highest BCUT2D eigenvalue weighted by molar-refractivity contribution is 5.84. The highest BCUT2D eigenvalue weighted by atomic mass is 16.4. The van der Waals surface area contributed by atoms with Crippen molar-refractivity contribution in [2.24, 2.45) is 11.7 Å². The molecule has 3 N–H and O–H groups in total. The Labute approximate surface area is 83.9 Å². The molecule has 0 aliphatic carbocycles. The monoisotopic (exact) mass is 202 g/mol. The van der Waals surface area contributed by atoms with Crippen LogP contribution >= 0.6 is 0 Å². The van der Waals surface area contributed by atoms with Gasteiger partial charge >= 0.3 is 5.97 Å². The molecule has 1 atom stereocenters. The second-order valence-electron chi connectivity index (χ2n) is 3.41. The third-order valence-electron chi connectivity index (χ3n) is 2.06. The van der Waals surface area contributed by atoms with Crippen LogP contribution in [-0.4, -0.2) is 41.0 Å². The van der Waals surface area contributed by atoms with Gasteiger partial charge in [-0.2, -0.15) is 0 Å². The fraction of sp³-hybridized carbons (Fsp3) is 0.778. The minimum Gasteiger partial charge on any atom is -0.480 e. The molecule has 1 unspecified atom stereocenters. The molecule has 1 amide bonds. The Morgan fingerprint density at radius 2 is 1.93 bits per heavy atom. The van der Waals surface area contributed by atoms with Crippen molar-refractivity contribution in [3.05, 3.63) is 0 Å². The molecule has 5 nitrogen and oxygen atoms in total. The summed E-state index contributed by atoms with van der Waals surface area (Å²) in [6.07, 6.45) is 0. The van der Waals surface area contributed by atoms with Gasteiger partial charge in [-0.05, 0) is 12.8 Å². The molecule has 0 rings (SSSR count). The number of amides is 1. The topological polar surface area (TPSA) is 83.6 Å². The SMILES string of the molecule is CCN(C(=O)CN)C(C(=O)O)C(C)C. The first kappa shape index (κ1) is 12.9. The summed E-state index contributed by atoms with van der Waals surface area (Å²) in [5.74, 6) is -1.43. The van der Waals surface area contributed by atoms with Gasteiger partial charge in [0.25, 0.3) is 0 Å². The van der Waals surface area contributed by atoms with E-state index in [0.717, 1.165) is 0 Å². The molecule has 0 bridgehead atoms. The third kappa shape index (κ3) is 2.99. The molecule has 0 aliphatic heterocycles. The second-order valence-corrected chi connectivity index (χ2v) is 3.41. The van der Waals surface area contributed by atoms with Gasteiger partial charge in [0.05, 0.1) is 6.54 Å². The van der Waals surface area contributed by atoms with Gasteiger partial charge < -0.3 is 15.7 Å². The van der Waals surface area contributed by atoms with Gasteiger partial charge in [0.15, 0.2) is 0 Å². The molecule has 82 valence electrons. The molecule has 0 fully saturated rings. The Kier molecular flexibility index (Phi) is 5.15. The molecule has 0 aromatic carbocycles. The van der Waals surface area contributed by atoms with E-state index in [1.807, 2.05) is 0 Å². The molecule has 0 aliphatic rings. The minimum absolute atomic E-state index is 0.122. The van der Waals surface area contributed by atoms with Crippen LogP contribution in [0.25, 0.3) is 0 Å². The van der Waals surface area contributed by atoms with E-state index < -0.39 is 12.0 Å². The zero-order valence-corrected chi connectivity index (χ0v) is 8.86. The van der Waals surface area contributed by atoms with Gasteiger partial charge in [-0.3, -0.25) is 4.79 Å². The number of hydrogen-bond donors (Lipinski definition) is 2. The Hall–Kier alpha value is -1.10. The predicted molar refractivity (Wildman–Crippen MR) is 52.7 cm³/mol. The second kappa shape index (κ2) is 5.59. The molecular formula is C9H18N2O3. The summed E-state index contributed by atoms with van der Waals surface area (Å²) in [4.78, 5) is 23.6. The Morgan fingerprint density at radius 1 is 1.43 bits per heavy atom. The van der Waals surface area contributed by atoms with E-state index >= 15 is 0 Å². The standard InChI is InChI=1S/C9H18N2O3/c1-4-11(7(12)5-10)8(6(2)3)9(13)14/h6,8H,4-5,10H2,1-3H3,(H,13,14). The average Bonchev–Trinajstić information content (AvgIpc) is 2.11. The molecule has 0 saturated heterocycles. The average molecular weight is 202 g/mol. The first-order chi connectivity index (χ1) is 6.45. The molecular weight excluding hydrogens is 184 g/mol. The number of carboxylic acids is 1.